The second-order valence-electron chi connectivity index (χ2n) is 5.96. The van der Waals surface area contributed by atoms with Crippen LogP contribution in [0.2, 0.25) is 0 Å². The molecular formula is C21H17F3N2OS. The Morgan fingerprint density at radius 2 is 1.43 bits per heavy atom. The molecule has 0 aromatic heterocycles. The number of rotatable bonds is 6. The lowest BCUT2D eigenvalue weighted by atomic mass is 10.2. The summed E-state index contributed by atoms with van der Waals surface area (Å²) in [5.41, 5.74) is 1.49. The number of nitrogens with one attached hydrogen (secondary N) is 2. The van der Waals surface area contributed by atoms with Crippen LogP contribution in [-0.4, -0.2) is 5.11 Å². The number of halogens is 3. The molecule has 0 radical (unpaired) electrons. The SMILES string of the molecule is Fc1ccc(COc2ccc(CNC(=S)Nc3c(F)cccc3F)cc2)cc1. The van der Waals surface area contributed by atoms with Crippen LogP contribution in [0, 0.1) is 17.5 Å². The number of ether oxygens (including phenoxy) is 1. The van der Waals surface area contributed by atoms with Gasteiger partial charge in [0.25, 0.3) is 0 Å². The molecule has 3 rings (SSSR count). The number of para-hydroxylation sites is 1. The van der Waals surface area contributed by atoms with Gasteiger partial charge < -0.3 is 15.4 Å². The normalized spacial score (nSPS) is 10.4. The van der Waals surface area contributed by atoms with Gasteiger partial charge in [-0.05, 0) is 59.7 Å². The van der Waals surface area contributed by atoms with E-state index in [1.807, 2.05) is 12.1 Å². The van der Waals surface area contributed by atoms with Crippen molar-refractivity contribution in [1.29, 1.82) is 0 Å². The number of anilines is 1. The van der Waals surface area contributed by atoms with Crippen LogP contribution >= 0.6 is 12.2 Å². The predicted molar refractivity (Wildman–Crippen MR) is 107 cm³/mol. The molecule has 3 aromatic rings. The molecule has 0 aliphatic carbocycles. The van der Waals surface area contributed by atoms with Crippen LogP contribution in [0.25, 0.3) is 0 Å². The fraction of sp³-hybridized carbons (Fsp3) is 0.0952. The number of hydrogen-bond acceptors (Lipinski definition) is 2. The summed E-state index contributed by atoms with van der Waals surface area (Å²) in [6.07, 6.45) is 0. The smallest absolute Gasteiger partial charge is 0.171 e. The summed E-state index contributed by atoms with van der Waals surface area (Å²) in [5.74, 6) is -1.05. The van der Waals surface area contributed by atoms with Crippen LogP contribution in [0.1, 0.15) is 11.1 Å². The highest BCUT2D eigenvalue weighted by molar-refractivity contribution is 7.80. The van der Waals surface area contributed by atoms with Gasteiger partial charge in [-0.15, -0.1) is 0 Å². The van der Waals surface area contributed by atoms with E-state index in [2.05, 4.69) is 10.6 Å². The van der Waals surface area contributed by atoms with Crippen molar-refractivity contribution in [3.8, 4) is 5.75 Å². The highest BCUT2D eigenvalue weighted by Gasteiger charge is 2.09. The first kappa shape index (κ1) is 19.7. The number of hydrogen-bond donors (Lipinski definition) is 2. The van der Waals surface area contributed by atoms with E-state index in [1.165, 1.54) is 18.2 Å². The third-order valence-corrected chi connectivity index (χ3v) is 4.14. The molecule has 0 aliphatic rings. The maximum absolute atomic E-state index is 13.6. The van der Waals surface area contributed by atoms with E-state index in [9.17, 15) is 13.2 Å². The lowest BCUT2D eigenvalue weighted by molar-refractivity contribution is 0.306. The largest absolute Gasteiger partial charge is 0.489 e. The highest BCUT2D eigenvalue weighted by Crippen LogP contribution is 2.18. The summed E-state index contributed by atoms with van der Waals surface area (Å²) < 4.78 is 45.8. The van der Waals surface area contributed by atoms with Crippen molar-refractivity contribution < 1.29 is 17.9 Å². The molecule has 0 bridgehead atoms. The zero-order chi connectivity index (χ0) is 19.9. The van der Waals surface area contributed by atoms with Crippen molar-refractivity contribution in [2.24, 2.45) is 0 Å². The molecule has 0 amide bonds. The van der Waals surface area contributed by atoms with E-state index in [0.717, 1.165) is 23.3 Å². The van der Waals surface area contributed by atoms with Gasteiger partial charge in [-0.3, -0.25) is 0 Å². The lowest BCUT2D eigenvalue weighted by Gasteiger charge is -2.12. The van der Waals surface area contributed by atoms with Crippen molar-refractivity contribution in [1.82, 2.24) is 5.32 Å². The molecule has 0 saturated carbocycles. The topological polar surface area (TPSA) is 33.3 Å². The molecule has 0 saturated heterocycles. The van der Waals surface area contributed by atoms with Crippen LogP contribution in [0.3, 0.4) is 0 Å². The molecule has 28 heavy (non-hydrogen) atoms. The monoisotopic (exact) mass is 402 g/mol. The van der Waals surface area contributed by atoms with E-state index in [-0.39, 0.29) is 16.6 Å². The third-order valence-electron chi connectivity index (χ3n) is 3.90. The Morgan fingerprint density at radius 3 is 2.07 bits per heavy atom. The average Bonchev–Trinajstić information content (AvgIpc) is 2.70. The van der Waals surface area contributed by atoms with Crippen molar-refractivity contribution >= 4 is 23.0 Å². The Kier molecular flexibility index (Phi) is 6.49. The fourth-order valence-electron chi connectivity index (χ4n) is 2.41. The molecule has 0 heterocycles. The minimum absolute atomic E-state index is 0.112. The maximum Gasteiger partial charge on any atom is 0.171 e. The van der Waals surface area contributed by atoms with E-state index in [4.69, 9.17) is 17.0 Å². The summed E-state index contributed by atoms with van der Waals surface area (Å²) in [4.78, 5) is 0. The van der Waals surface area contributed by atoms with Crippen LogP contribution in [0.15, 0.2) is 66.7 Å². The van der Waals surface area contributed by atoms with Gasteiger partial charge in [0.1, 0.15) is 35.5 Å². The number of benzene rings is 3. The zero-order valence-corrected chi connectivity index (χ0v) is 15.5. The van der Waals surface area contributed by atoms with Crippen LogP contribution in [-0.2, 0) is 13.2 Å². The van der Waals surface area contributed by atoms with Gasteiger partial charge in [-0.25, -0.2) is 13.2 Å². The first-order chi connectivity index (χ1) is 13.5. The first-order valence-electron chi connectivity index (χ1n) is 8.46. The van der Waals surface area contributed by atoms with E-state index in [1.54, 1.807) is 24.3 Å². The zero-order valence-electron chi connectivity index (χ0n) is 14.7. The van der Waals surface area contributed by atoms with Crippen molar-refractivity contribution in [2.45, 2.75) is 13.2 Å². The van der Waals surface area contributed by atoms with E-state index < -0.39 is 11.6 Å². The molecule has 3 nitrogen and oxygen atoms in total. The summed E-state index contributed by atoms with van der Waals surface area (Å²) in [6.45, 7) is 0.709. The van der Waals surface area contributed by atoms with Crippen molar-refractivity contribution in [2.75, 3.05) is 5.32 Å². The van der Waals surface area contributed by atoms with Crippen molar-refractivity contribution in [3.63, 3.8) is 0 Å². The molecule has 144 valence electrons. The van der Waals surface area contributed by atoms with Gasteiger partial charge in [0.2, 0.25) is 0 Å². The molecule has 0 fully saturated rings. The molecule has 2 N–H and O–H groups in total. The Hall–Kier alpha value is -3.06. The molecule has 0 spiro atoms. The molecule has 0 unspecified atom stereocenters. The van der Waals surface area contributed by atoms with Gasteiger partial charge in [0.15, 0.2) is 5.11 Å². The molecule has 0 atom stereocenters. The van der Waals surface area contributed by atoms with Gasteiger partial charge in [0.05, 0.1) is 0 Å². The van der Waals surface area contributed by atoms with Crippen molar-refractivity contribution in [3.05, 3.63) is 95.3 Å². The Bertz CT molecular complexity index is 927. The summed E-state index contributed by atoms with van der Waals surface area (Å²) in [6, 6.07) is 17.0. The Labute approximate surface area is 166 Å². The summed E-state index contributed by atoms with van der Waals surface area (Å²) >= 11 is 5.08. The van der Waals surface area contributed by atoms with Crippen LogP contribution in [0.5, 0.6) is 5.75 Å². The quantitative estimate of drug-likeness (QED) is 0.558. The molecule has 3 aromatic carbocycles. The highest BCUT2D eigenvalue weighted by atomic mass is 32.1. The van der Waals surface area contributed by atoms with Crippen LogP contribution in [0.4, 0.5) is 18.9 Å². The van der Waals surface area contributed by atoms with Gasteiger partial charge in [-0.1, -0.05) is 30.3 Å². The van der Waals surface area contributed by atoms with E-state index in [0.29, 0.717) is 18.9 Å². The van der Waals surface area contributed by atoms with E-state index >= 15 is 0 Å². The summed E-state index contributed by atoms with van der Waals surface area (Å²) in [5, 5.41) is 5.53. The Balaban J connectivity index is 1.48. The first-order valence-corrected chi connectivity index (χ1v) is 8.87. The van der Waals surface area contributed by atoms with Gasteiger partial charge in [0, 0.05) is 6.54 Å². The summed E-state index contributed by atoms with van der Waals surface area (Å²) in [7, 11) is 0. The van der Waals surface area contributed by atoms with Gasteiger partial charge in [-0.2, -0.15) is 0 Å². The minimum Gasteiger partial charge on any atom is -0.489 e. The Morgan fingerprint density at radius 1 is 0.821 bits per heavy atom. The average molecular weight is 402 g/mol. The standard InChI is InChI=1S/C21H17F3N2OS/c22-16-8-4-15(5-9-16)13-27-17-10-6-14(7-11-17)12-25-21(28)26-20-18(23)2-1-3-19(20)24/h1-11H,12-13H2,(H2,25,26,28). The lowest BCUT2D eigenvalue weighted by Crippen LogP contribution is -2.28. The number of thiocarbonyl (C=S) groups is 1. The van der Waals surface area contributed by atoms with Gasteiger partial charge >= 0.3 is 0 Å². The molecular weight excluding hydrogens is 385 g/mol. The second-order valence-corrected chi connectivity index (χ2v) is 6.37. The van der Waals surface area contributed by atoms with Crippen LogP contribution < -0.4 is 15.4 Å². The maximum atomic E-state index is 13.6. The predicted octanol–water partition coefficient (Wildman–Crippen LogP) is 5.17. The second kappa shape index (κ2) is 9.23. The third kappa shape index (κ3) is 5.47. The molecule has 7 heteroatoms. The minimum atomic E-state index is -0.716. The fourth-order valence-corrected chi connectivity index (χ4v) is 2.58. The molecule has 0 aliphatic heterocycles.